The van der Waals surface area contributed by atoms with Crippen LogP contribution < -0.4 is 5.32 Å². The first-order valence-corrected chi connectivity index (χ1v) is 7.79. The normalized spacial score (nSPS) is 12.9. The zero-order valence-electron chi connectivity index (χ0n) is 10.9. The lowest BCUT2D eigenvalue weighted by molar-refractivity contribution is 0.545. The van der Waals surface area contributed by atoms with Crippen LogP contribution in [0.2, 0.25) is 0 Å². The highest BCUT2D eigenvalue weighted by atomic mass is 79.9. The highest BCUT2D eigenvalue weighted by molar-refractivity contribution is 9.10. The molecule has 0 aliphatic rings. The van der Waals surface area contributed by atoms with E-state index >= 15 is 0 Å². The summed E-state index contributed by atoms with van der Waals surface area (Å²) in [6.07, 6.45) is 1.88. The Kier molecular flexibility index (Phi) is 4.59. The summed E-state index contributed by atoms with van der Waals surface area (Å²) in [4.78, 5) is 2.68. The number of nitrogens with one attached hydrogen (secondary N) is 1. The molecule has 0 aliphatic heterocycles. The van der Waals surface area contributed by atoms with Gasteiger partial charge in [0.15, 0.2) is 0 Å². The molecule has 0 bridgehead atoms. The molecule has 0 aromatic carbocycles. The van der Waals surface area contributed by atoms with Crippen LogP contribution >= 0.6 is 27.3 Å². The summed E-state index contributed by atoms with van der Waals surface area (Å²) in [7, 11) is 0. The Bertz CT molecular complexity index is 518. The number of halogens is 1. The zero-order valence-corrected chi connectivity index (χ0v) is 13.3. The van der Waals surface area contributed by atoms with Gasteiger partial charge in [0.05, 0.1) is 22.4 Å². The SMILES string of the molecule is CCNC(c1ccc(C)s1)c1c(Br)cnn1CC. The van der Waals surface area contributed by atoms with Gasteiger partial charge >= 0.3 is 0 Å². The van der Waals surface area contributed by atoms with Crippen molar-refractivity contribution < 1.29 is 0 Å². The van der Waals surface area contributed by atoms with E-state index in [1.165, 1.54) is 15.4 Å². The maximum Gasteiger partial charge on any atom is 0.0853 e. The second-order valence-corrected chi connectivity index (χ2v) is 6.31. The lowest BCUT2D eigenvalue weighted by atomic mass is 10.1. The van der Waals surface area contributed by atoms with Crippen molar-refractivity contribution in [1.29, 1.82) is 0 Å². The maximum atomic E-state index is 4.40. The van der Waals surface area contributed by atoms with Crippen LogP contribution in [0.15, 0.2) is 22.8 Å². The summed E-state index contributed by atoms with van der Waals surface area (Å²) >= 11 is 5.45. The van der Waals surface area contributed by atoms with Crippen LogP contribution in [0.1, 0.15) is 35.3 Å². The van der Waals surface area contributed by atoms with Crippen LogP contribution in [0.3, 0.4) is 0 Å². The Morgan fingerprint density at radius 2 is 2.22 bits per heavy atom. The highest BCUT2D eigenvalue weighted by Gasteiger charge is 2.21. The van der Waals surface area contributed by atoms with Crippen LogP contribution in [-0.2, 0) is 6.54 Å². The third-order valence-corrected chi connectivity index (χ3v) is 4.54. The third kappa shape index (κ3) is 2.68. The molecule has 1 N–H and O–H groups in total. The Morgan fingerprint density at radius 1 is 1.44 bits per heavy atom. The quantitative estimate of drug-likeness (QED) is 0.906. The Balaban J connectivity index is 2.43. The fourth-order valence-electron chi connectivity index (χ4n) is 2.06. The van der Waals surface area contributed by atoms with Crippen molar-refractivity contribution in [3.63, 3.8) is 0 Å². The van der Waals surface area contributed by atoms with E-state index in [0.29, 0.717) is 0 Å². The van der Waals surface area contributed by atoms with E-state index in [1.54, 1.807) is 0 Å². The number of hydrogen-bond donors (Lipinski definition) is 1. The predicted octanol–water partition coefficient (Wildman–Crippen LogP) is 3.73. The van der Waals surface area contributed by atoms with Crippen LogP contribution in [0.5, 0.6) is 0 Å². The van der Waals surface area contributed by atoms with E-state index in [2.05, 4.69) is 59.2 Å². The first kappa shape index (κ1) is 13.8. The molecule has 2 heterocycles. The molecule has 2 rings (SSSR count). The van der Waals surface area contributed by atoms with Crippen LogP contribution in [-0.4, -0.2) is 16.3 Å². The van der Waals surface area contributed by atoms with Gasteiger partial charge in [0.25, 0.3) is 0 Å². The van der Waals surface area contributed by atoms with Gasteiger partial charge in [0.1, 0.15) is 0 Å². The summed E-state index contributed by atoms with van der Waals surface area (Å²) in [6.45, 7) is 8.21. The molecule has 1 unspecified atom stereocenters. The molecule has 0 radical (unpaired) electrons. The van der Waals surface area contributed by atoms with Crippen LogP contribution in [0.25, 0.3) is 0 Å². The molecule has 3 nitrogen and oxygen atoms in total. The lowest BCUT2D eigenvalue weighted by Gasteiger charge is -2.18. The second kappa shape index (κ2) is 5.99. The van der Waals surface area contributed by atoms with E-state index < -0.39 is 0 Å². The van der Waals surface area contributed by atoms with Crippen molar-refractivity contribution in [2.45, 2.75) is 33.4 Å². The molecule has 0 saturated carbocycles. The number of aromatic nitrogens is 2. The van der Waals surface area contributed by atoms with Gasteiger partial charge in [-0.3, -0.25) is 4.68 Å². The topological polar surface area (TPSA) is 29.9 Å². The molecule has 98 valence electrons. The summed E-state index contributed by atoms with van der Waals surface area (Å²) in [5.74, 6) is 0. The summed E-state index contributed by atoms with van der Waals surface area (Å²) in [6, 6.07) is 4.59. The molecule has 0 aliphatic carbocycles. The minimum Gasteiger partial charge on any atom is -0.305 e. The van der Waals surface area contributed by atoms with E-state index in [1.807, 2.05) is 22.2 Å². The fraction of sp³-hybridized carbons (Fsp3) is 0.462. The average molecular weight is 328 g/mol. The molecule has 0 amide bonds. The Morgan fingerprint density at radius 3 is 2.78 bits per heavy atom. The first-order valence-electron chi connectivity index (χ1n) is 6.18. The summed E-state index contributed by atoms with van der Waals surface area (Å²) in [5, 5.41) is 7.95. The molecule has 1 atom stereocenters. The number of aryl methyl sites for hydroxylation is 2. The van der Waals surface area contributed by atoms with E-state index in [0.717, 1.165) is 17.6 Å². The number of hydrogen-bond acceptors (Lipinski definition) is 3. The molecular formula is C13H18BrN3S. The van der Waals surface area contributed by atoms with Gasteiger partial charge in [-0.1, -0.05) is 6.92 Å². The van der Waals surface area contributed by atoms with E-state index in [9.17, 15) is 0 Å². The summed E-state index contributed by atoms with van der Waals surface area (Å²) in [5.41, 5.74) is 1.21. The molecular weight excluding hydrogens is 310 g/mol. The highest BCUT2D eigenvalue weighted by Crippen LogP contribution is 2.32. The summed E-state index contributed by atoms with van der Waals surface area (Å²) < 4.78 is 3.12. The van der Waals surface area contributed by atoms with Gasteiger partial charge in [-0.15, -0.1) is 11.3 Å². The lowest BCUT2D eigenvalue weighted by Crippen LogP contribution is -2.24. The monoisotopic (exact) mass is 327 g/mol. The van der Waals surface area contributed by atoms with E-state index in [4.69, 9.17) is 0 Å². The molecule has 18 heavy (non-hydrogen) atoms. The largest absolute Gasteiger partial charge is 0.305 e. The van der Waals surface area contributed by atoms with Crippen molar-refractivity contribution in [2.75, 3.05) is 6.54 Å². The van der Waals surface area contributed by atoms with Gasteiger partial charge in [-0.05, 0) is 48.5 Å². The van der Waals surface area contributed by atoms with Gasteiger partial charge in [0, 0.05) is 16.3 Å². The van der Waals surface area contributed by atoms with Crippen molar-refractivity contribution in [3.05, 3.63) is 38.3 Å². The molecule has 0 fully saturated rings. The standard InChI is InChI=1S/C13H18BrN3S/c1-4-15-12(11-7-6-9(3)18-11)13-10(14)8-16-17(13)5-2/h6-8,12,15H,4-5H2,1-3H3. The molecule has 2 aromatic rings. The third-order valence-electron chi connectivity index (χ3n) is 2.86. The van der Waals surface area contributed by atoms with Crippen molar-refractivity contribution in [1.82, 2.24) is 15.1 Å². The fourth-order valence-corrected chi connectivity index (χ4v) is 3.54. The minimum absolute atomic E-state index is 0.213. The molecule has 5 heteroatoms. The molecule has 0 spiro atoms. The Hall–Kier alpha value is -0.650. The van der Waals surface area contributed by atoms with Crippen molar-refractivity contribution >= 4 is 27.3 Å². The predicted molar refractivity (Wildman–Crippen MR) is 80.2 cm³/mol. The van der Waals surface area contributed by atoms with E-state index in [-0.39, 0.29) is 6.04 Å². The van der Waals surface area contributed by atoms with Gasteiger partial charge in [-0.25, -0.2) is 0 Å². The average Bonchev–Trinajstić information content (AvgIpc) is 2.93. The van der Waals surface area contributed by atoms with Gasteiger partial charge in [0.2, 0.25) is 0 Å². The Labute approximate surface area is 120 Å². The van der Waals surface area contributed by atoms with Crippen LogP contribution in [0.4, 0.5) is 0 Å². The van der Waals surface area contributed by atoms with Crippen LogP contribution in [0, 0.1) is 6.92 Å². The van der Waals surface area contributed by atoms with Gasteiger partial charge < -0.3 is 5.32 Å². The number of rotatable bonds is 5. The number of thiophene rings is 1. The van der Waals surface area contributed by atoms with Gasteiger partial charge in [-0.2, -0.15) is 5.10 Å². The molecule has 2 aromatic heterocycles. The number of nitrogens with zero attached hydrogens (tertiary/aromatic N) is 2. The first-order chi connectivity index (χ1) is 8.67. The molecule has 0 saturated heterocycles. The zero-order chi connectivity index (χ0) is 13.1. The maximum absolute atomic E-state index is 4.40. The second-order valence-electron chi connectivity index (χ2n) is 4.13. The minimum atomic E-state index is 0.213. The smallest absolute Gasteiger partial charge is 0.0853 e. The van der Waals surface area contributed by atoms with Crippen molar-refractivity contribution in [3.8, 4) is 0 Å². The van der Waals surface area contributed by atoms with Crippen molar-refractivity contribution in [2.24, 2.45) is 0 Å².